The van der Waals surface area contributed by atoms with Crippen LogP contribution in [0.15, 0.2) is 65.8 Å². The first kappa shape index (κ1) is 22.6. The van der Waals surface area contributed by atoms with E-state index in [1.165, 1.54) is 25.5 Å². The third-order valence-corrected chi connectivity index (χ3v) is 6.57. The zero-order valence-corrected chi connectivity index (χ0v) is 18.9. The van der Waals surface area contributed by atoms with E-state index >= 15 is 0 Å². The average Bonchev–Trinajstić information content (AvgIpc) is 2.85. The van der Waals surface area contributed by atoms with Crippen LogP contribution in [-0.4, -0.2) is 62.4 Å². The first-order valence-electron chi connectivity index (χ1n) is 10.4. The van der Waals surface area contributed by atoms with Gasteiger partial charge in [-0.1, -0.05) is 6.07 Å². The van der Waals surface area contributed by atoms with Crippen LogP contribution >= 0.6 is 0 Å². The van der Waals surface area contributed by atoms with E-state index in [4.69, 9.17) is 0 Å². The third-order valence-electron chi connectivity index (χ3n) is 5.16. The van der Waals surface area contributed by atoms with Crippen molar-refractivity contribution in [3.05, 3.63) is 66.5 Å². The number of anilines is 4. The van der Waals surface area contributed by atoms with Gasteiger partial charge in [-0.15, -0.1) is 0 Å². The second-order valence-corrected chi connectivity index (χ2v) is 9.28. The molecule has 1 amide bonds. The van der Waals surface area contributed by atoms with Gasteiger partial charge in [0, 0.05) is 49.2 Å². The number of amides is 1. The van der Waals surface area contributed by atoms with Gasteiger partial charge in [0.05, 0.1) is 4.90 Å². The van der Waals surface area contributed by atoms with Gasteiger partial charge in [-0.2, -0.15) is 0 Å². The van der Waals surface area contributed by atoms with Crippen molar-refractivity contribution in [3.63, 3.8) is 0 Å². The molecule has 4 N–H and O–H groups in total. The van der Waals surface area contributed by atoms with E-state index < -0.39 is 10.0 Å². The normalized spacial score (nSPS) is 14.0. The minimum Gasteiger partial charge on any atom is -0.340 e. The quantitative estimate of drug-likeness (QED) is 0.415. The van der Waals surface area contributed by atoms with E-state index in [1.807, 2.05) is 17.0 Å². The molecule has 0 aliphatic carbocycles. The zero-order valence-electron chi connectivity index (χ0n) is 18.1. The Morgan fingerprint density at radius 1 is 0.939 bits per heavy atom. The number of rotatable bonds is 7. The van der Waals surface area contributed by atoms with Crippen LogP contribution in [-0.2, 0) is 10.0 Å². The summed E-state index contributed by atoms with van der Waals surface area (Å²) >= 11 is 0. The maximum absolute atomic E-state index is 12.6. The second kappa shape index (κ2) is 9.94. The van der Waals surface area contributed by atoms with Crippen molar-refractivity contribution in [2.45, 2.75) is 4.90 Å². The van der Waals surface area contributed by atoms with E-state index in [1.54, 1.807) is 30.3 Å². The van der Waals surface area contributed by atoms with Crippen molar-refractivity contribution in [3.8, 4) is 0 Å². The lowest BCUT2D eigenvalue weighted by molar-refractivity contribution is 0.0736. The molecule has 2 aromatic carbocycles. The molecular weight excluding hydrogens is 442 g/mol. The number of carbonyl (C=O) groups is 1. The van der Waals surface area contributed by atoms with Crippen molar-refractivity contribution in [2.24, 2.45) is 0 Å². The summed E-state index contributed by atoms with van der Waals surface area (Å²) in [6.07, 6.45) is 1.40. The molecule has 1 saturated heterocycles. The fraction of sp³-hybridized carbons (Fsp3) is 0.227. The van der Waals surface area contributed by atoms with Gasteiger partial charge in [-0.3, -0.25) is 4.79 Å². The van der Waals surface area contributed by atoms with Crippen molar-refractivity contribution in [2.75, 3.05) is 43.9 Å². The Kier molecular flexibility index (Phi) is 6.82. The summed E-state index contributed by atoms with van der Waals surface area (Å²) < 4.78 is 26.3. The summed E-state index contributed by atoms with van der Waals surface area (Å²) in [7, 11) is -2.18. The van der Waals surface area contributed by atoms with E-state index in [-0.39, 0.29) is 10.8 Å². The summed E-state index contributed by atoms with van der Waals surface area (Å²) in [5.41, 5.74) is 1.99. The number of sulfonamides is 1. The molecule has 0 radical (unpaired) electrons. The van der Waals surface area contributed by atoms with E-state index in [2.05, 4.69) is 30.6 Å². The molecule has 2 heterocycles. The number of benzene rings is 2. The summed E-state index contributed by atoms with van der Waals surface area (Å²) in [4.78, 5) is 23.0. The molecule has 0 bridgehead atoms. The van der Waals surface area contributed by atoms with Gasteiger partial charge in [0.15, 0.2) is 0 Å². The molecule has 11 heteroatoms. The SMILES string of the molecule is CNS(=O)(=O)c1cccc(Nc2cc(Nc3ccc(C(=O)N4CCNCC4)cc3)ncn2)c1. The third kappa shape index (κ3) is 5.64. The number of aromatic nitrogens is 2. The molecule has 0 unspecified atom stereocenters. The number of hydrogen-bond acceptors (Lipinski definition) is 8. The molecule has 172 valence electrons. The highest BCUT2D eigenvalue weighted by molar-refractivity contribution is 7.89. The Morgan fingerprint density at radius 2 is 1.61 bits per heavy atom. The molecular formula is C22H25N7O3S. The average molecular weight is 468 g/mol. The van der Waals surface area contributed by atoms with Crippen molar-refractivity contribution < 1.29 is 13.2 Å². The predicted molar refractivity (Wildman–Crippen MR) is 127 cm³/mol. The highest BCUT2D eigenvalue weighted by Gasteiger charge is 2.17. The first-order chi connectivity index (χ1) is 15.9. The van der Waals surface area contributed by atoms with Crippen molar-refractivity contribution in [1.29, 1.82) is 0 Å². The first-order valence-corrected chi connectivity index (χ1v) is 11.9. The van der Waals surface area contributed by atoms with Crippen LogP contribution in [0.2, 0.25) is 0 Å². The number of hydrogen-bond donors (Lipinski definition) is 4. The molecule has 1 aromatic heterocycles. The number of carbonyl (C=O) groups excluding carboxylic acids is 1. The highest BCUT2D eigenvalue weighted by Crippen LogP contribution is 2.22. The Balaban J connectivity index is 1.43. The molecule has 10 nitrogen and oxygen atoms in total. The van der Waals surface area contributed by atoms with Crippen LogP contribution in [0.3, 0.4) is 0 Å². The predicted octanol–water partition coefficient (Wildman–Crippen LogP) is 1.92. The van der Waals surface area contributed by atoms with Crippen molar-refractivity contribution in [1.82, 2.24) is 24.9 Å². The summed E-state index contributed by atoms with van der Waals surface area (Å²) in [5.74, 6) is 1.07. The number of nitrogens with one attached hydrogen (secondary N) is 4. The van der Waals surface area contributed by atoms with Crippen LogP contribution in [0.4, 0.5) is 23.0 Å². The maximum atomic E-state index is 12.6. The zero-order chi connectivity index (χ0) is 23.3. The van der Waals surface area contributed by atoms with Gasteiger partial charge in [-0.05, 0) is 49.5 Å². The summed E-state index contributed by atoms with van der Waals surface area (Å²) in [6, 6.07) is 15.4. The molecule has 0 spiro atoms. The molecule has 0 atom stereocenters. The Hall–Kier alpha value is -3.54. The molecule has 1 aliphatic rings. The minimum atomic E-state index is -3.54. The Morgan fingerprint density at radius 3 is 2.27 bits per heavy atom. The molecule has 4 rings (SSSR count). The topological polar surface area (TPSA) is 128 Å². The fourth-order valence-corrected chi connectivity index (χ4v) is 4.17. The lowest BCUT2D eigenvalue weighted by atomic mass is 10.1. The smallest absolute Gasteiger partial charge is 0.253 e. The highest BCUT2D eigenvalue weighted by atomic mass is 32.2. The fourth-order valence-electron chi connectivity index (χ4n) is 3.40. The van der Waals surface area contributed by atoms with E-state index in [0.29, 0.717) is 36.0 Å². The Bertz CT molecular complexity index is 1230. The molecule has 3 aromatic rings. The van der Waals surface area contributed by atoms with Crippen LogP contribution in [0.1, 0.15) is 10.4 Å². The van der Waals surface area contributed by atoms with Gasteiger partial charge in [0.2, 0.25) is 10.0 Å². The monoisotopic (exact) mass is 467 g/mol. The van der Waals surface area contributed by atoms with Crippen LogP contribution < -0.4 is 20.7 Å². The number of piperazine rings is 1. The second-order valence-electron chi connectivity index (χ2n) is 7.39. The standard InChI is InChI=1S/C22H25N7O3S/c1-23-33(31,32)19-4-2-3-18(13-19)28-21-14-20(25-15-26-21)27-17-7-5-16(6-8-17)22(30)29-11-9-24-10-12-29/h2-8,13-15,23-24H,9-12H2,1H3,(H2,25,26,27,28). The van der Waals surface area contributed by atoms with Gasteiger partial charge in [0.1, 0.15) is 18.0 Å². The summed E-state index contributed by atoms with van der Waals surface area (Å²) in [6.45, 7) is 3.04. The summed E-state index contributed by atoms with van der Waals surface area (Å²) in [5, 5.41) is 9.52. The molecule has 0 saturated carbocycles. The van der Waals surface area contributed by atoms with Crippen LogP contribution in [0.25, 0.3) is 0 Å². The van der Waals surface area contributed by atoms with E-state index in [0.717, 1.165) is 18.8 Å². The lowest BCUT2D eigenvalue weighted by Gasteiger charge is -2.27. The lowest BCUT2D eigenvalue weighted by Crippen LogP contribution is -2.46. The van der Waals surface area contributed by atoms with Gasteiger partial charge in [0.25, 0.3) is 5.91 Å². The largest absolute Gasteiger partial charge is 0.340 e. The van der Waals surface area contributed by atoms with Gasteiger partial charge < -0.3 is 20.9 Å². The molecule has 33 heavy (non-hydrogen) atoms. The van der Waals surface area contributed by atoms with Gasteiger partial charge in [-0.25, -0.2) is 23.1 Å². The number of nitrogens with zero attached hydrogens (tertiary/aromatic N) is 3. The maximum Gasteiger partial charge on any atom is 0.253 e. The van der Waals surface area contributed by atoms with Crippen LogP contribution in [0, 0.1) is 0 Å². The minimum absolute atomic E-state index is 0.0269. The van der Waals surface area contributed by atoms with Crippen molar-refractivity contribution >= 4 is 38.9 Å². The molecule has 1 fully saturated rings. The Labute approximate surface area is 192 Å². The van der Waals surface area contributed by atoms with Gasteiger partial charge >= 0.3 is 0 Å². The van der Waals surface area contributed by atoms with Crippen LogP contribution in [0.5, 0.6) is 0 Å². The van der Waals surface area contributed by atoms with E-state index in [9.17, 15) is 13.2 Å². The molecule has 1 aliphatic heterocycles.